The molecular weight excluding hydrogens is 182 g/mol. The lowest BCUT2D eigenvalue weighted by Crippen LogP contribution is -2.45. The summed E-state index contributed by atoms with van der Waals surface area (Å²) in [5.74, 6) is -1.05. The first-order valence-electron chi connectivity index (χ1n) is 4.25. The molecule has 0 aliphatic rings. The Morgan fingerprint density at radius 2 is 1.57 bits per heavy atom. The van der Waals surface area contributed by atoms with Crippen molar-refractivity contribution in [3.63, 3.8) is 0 Å². The van der Waals surface area contributed by atoms with Crippen molar-refractivity contribution in [3.05, 3.63) is 35.9 Å². The predicted octanol–water partition coefficient (Wildman–Crippen LogP) is 1.24. The van der Waals surface area contributed by atoms with Crippen LogP contribution < -0.4 is 5.48 Å². The van der Waals surface area contributed by atoms with Gasteiger partial charge in [0.2, 0.25) is 0 Å². The average Bonchev–Trinajstić information content (AvgIpc) is 2.27. The van der Waals surface area contributed by atoms with Crippen LogP contribution in [-0.2, 0) is 20.2 Å². The SMILES string of the molecule is CONC(OC)(OC)c1ccccc1. The minimum Gasteiger partial charge on any atom is -0.335 e. The molecule has 0 bridgehead atoms. The van der Waals surface area contributed by atoms with Gasteiger partial charge < -0.3 is 14.3 Å². The third kappa shape index (κ3) is 2.10. The summed E-state index contributed by atoms with van der Waals surface area (Å²) in [5, 5.41) is 0. The Bertz CT molecular complexity index is 259. The van der Waals surface area contributed by atoms with Crippen LogP contribution in [0.4, 0.5) is 0 Å². The molecule has 0 aliphatic carbocycles. The van der Waals surface area contributed by atoms with Gasteiger partial charge in [-0.3, -0.25) is 0 Å². The smallest absolute Gasteiger partial charge is 0.277 e. The van der Waals surface area contributed by atoms with Gasteiger partial charge >= 0.3 is 0 Å². The minimum absolute atomic E-state index is 0.840. The topological polar surface area (TPSA) is 39.7 Å². The quantitative estimate of drug-likeness (QED) is 0.569. The van der Waals surface area contributed by atoms with Crippen LogP contribution in [0.15, 0.2) is 30.3 Å². The summed E-state index contributed by atoms with van der Waals surface area (Å²) >= 11 is 0. The number of methoxy groups -OCH3 is 2. The van der Waals surface area contributed by atoms with Gasteiger partial charge in [0.05, 0.1) is 7.11 Å². The highest BCUT2D eigenvalue weighted by Gasteiger charge is 2.31. The molecule has 0 unspecified atom stereocenters. The fourth-order valence-corrected chi connectivity index (χ4v) is 1.25. The second-order valence-corrected chi connectivity index (χ2v) is 2.70. The summed E-state index contributed by atoms with van der Waals surface area (Å²) in [6, 6.07) is 9.50. The number of nitrogens with one attached hydrogen (secondary N) is 1. The Balaban J connectivity index is 2.98. The second-order valence-electron chi connectivity index (χ2n) is 2.70. The average molecular weight is 197 g/mol. The van der Waals surface area contributed by atoms with Crippen molar-refractivity contribution in [1.82, 2.24) is 5.48 Å². The molecular formula is C10H15NO3. The highest BCUT2D eigenvalue weighted by atomic mass is 16.8. The first-order chi connectivity index (χ1) is 6.79. The highest BCUT2D eigenvalue weighted by molar-refractivity contribution is 5.19. The van der Waals surface area contributed by atoms with E-state index >= 15 is 0 Å². The van der Waals surface area contributed by atoms with Crippen molar-refractivity contribution < 1.29 is 14.3 Å². The number of rotatable bonds is 5. The number of hydrogen-bond acceptors (Lipinski definition) is 4. The summed E-state index contributed by atoms with van der Waals surface area (Å²) in [4.78, 5) is 4.84. The Hall–Kier alpha value is -0.940. The molecule has 4 heteroatoms. The van der Waals surface area contributed by atoms with Crippen LogP contribution in [-0.4, -0.2) is 21.3 Å². The Kier molecular flexibility index (Phi) is 4.03. The summed E-state index contributed by atoms with van der Waals surface area (Å²) < 4.78 is 10.5. The van der Waals surface area contributed by atoms with Gasteiger partial charge in [-0.2, -0.15) is 0 Å². The lowest BCUT2D eigenvalue weighted by Gasteiger charge is -2.30. The van der Waals surface area contributed by atoms with Crippen molar-refractivity contribution in [2.75, 3.05) is 21.3 Å². The van der Waals surface area contributed by atoms with E-state index in [1.54, 1.807) is 14.2 Å². The molecule has 0 saturated carbocycles. The molecule has 0 aliphatic heterocycles. The van der Waals surface area contributed by atoms with Crippen molar-refractivity contribution >= 4 is 0 Å². The largest absolute Gasteiger partial charge is 0.335 e. The van der Waals surface area contributed by atoms with E-state index in [-0.39, 0.29) is 0 Å². The first-order valence-corrected chi connectivity index (χ1v) is 4.25. The molecule has 1 N–H and O–H groups in total. The number of ether oxygens (including phenoxy) is 2. The fourth-order valence-electron chi connectivity index (χ4n) is 1.25. The highest BCUT2D eigenvalue weighted by Crippen LogP contribution is 2.22. The van der Waals surface area contributed by atoms with Gasteiger partial charge in [0, 0.05) is 19.8 Å². The lowest BCUT2D eigenvalue weighted by atomic mass is 10.1. The molecule has 0 fully saturated rings. The van der Waals surface area contributed by atoms with Crippen molar-refractivity contribution in [1.29, 1.82) is 0 Å². The molecule has 0 spiro atoms. The molecule has 0 heterocycles. The molecule has 1 rings (SSSR count). The Labute approximate surface area is 83.7 Å². The van der Waals surface area contributed by atoms with Gasteiger partial charge in [-0.15, -0.1) is 5.48 Å². The van der Waals surface area contributed by atoms with E-state index in [1.807, 2.05) is 30.3 Å². The van der Waals surface area contributed by atoms with Crippen molar-refractivity contribution in [3.8, 4) is 0 Å². The number of benzene rings is 1. The Morgan fingerprint density at radius 1 is 1.00 bits per heavy atom. The Morgan fingerprint density at radius 3 is 2.00 bits per heavy atom. The third-order valence-electron chi connectivity index (χ3n) is 1.97. The summed E-state index contributed by atoms with van der Waals surface area (Å²) in [6.07, 6.45) is 0. The van der Waals surface area contributed by atoms with Crippen LogP contribution in [0.1, 0.15) is 5.56 Å². The molecule has 4 nitrogen and oxygen atoms in total. The van der Waals surface area contributed by atoms with E-state index in [0.29, 0.717) is 0 Å². The normalized spacial score (nSPS) is 11.6. The zero-order chi connectivity index (χ0) is 10.4. The van der Waals surface area contributed by atoms with Gasteiger partial charge in [0.25, 0.3) is 5.91 Å². The van der Waals surface area contributed by atoms with Gasteiger partial charge in [-0.1, -0.05) is 30.3 Å². The van der Waals surface area contributed by atoms with Crippen molar-refractivity contribution in [2.24, 2.45) is 0 Å². The van der Waals surface area contributed by atoms with E-state index in [0.717, 1.165) is 5.56 Å². The molecule has 1 aromatic rings. The zero-order valence-electron chi connectivity index (χ0n) is 8.61. The fraction of sp³-hybridized carbons (Fsp3) is 0.400. The van der Waals surface area contributed by atoms with Crippen molar-refractivity contribution in [2.45, 2.75) is 5.91 Å². The molecule has 14 heavy (non-hydrogen) atoms. The maximum atomic E-state index is 5.26. The molecule has 0 radical (unpaired) electrons. The van der Waals surface area contributed by atoms with Crippen LogP contribution in [0.3, 0.4) is 0 Å². The van der Waals surface area contributed by atoms with Gasteiger partial charge in [0.1, 0.15) is 0 Å². The maximum Gasteiger partial charge on any atom is 0.277 e. The van der Waals surface area contributed by atoms with Gasteiger partial charge in [-0.05, 0) is 0 Å². The predicted molar refractivity (Wildman–Crippen MR) is 52.3 cm³/mol. The lowest BCUT2D eigenvalue weighted by molar-refractivity contribution is -0.289. The van der Waals surface area contributed by atoms with Crippen LogP contribution >= 0.6 is 0 Å². The number of hydroxylamine groups is 1. The maximum absolute atomic E-state index is 5.26. The molecule has 0 atom stereocenters. The summed E-state index contributed by atoms with van der Waals surface area (Å²) in [5.41, 5.74) is 3.51. The van der Waals surface area contributed by atoms with Crippen LogP contribution in [0.5, 0.6) is 0 Å². The second kappa shape index (κ2) is 5.07. The first kappa shape index (κ1) is 11.1. The summed E-state index contributed by atoms with van der Waals surface area (Å²) in [6.45, 7) is 0. The molecule has 0 amide bonds. The van der Waals surface area contributed by atoms with Crippen LogP contribution in [0, 0.1) is 0 Å². The van der Waals surface area contributed by atoms with E-state index in [9.17, 15) is 0 Å². The van der Waals surface area contributed by atoms with E-state index in [4.69, 9.17) is 14.3 Å². The van der Waals surface area contributed by atoms with Crippen LogP contribution in [0.2, 0.25) is 0 Å². The molecule has 1 aromatic carbocycles. The van der Waals surface area contributed by atoms with Crippen LogP contribution in [0.25, 0.3) is 0 Å². The van der Waals surface area contributed by atoms with E-state index in [2.05, 4.69) is 5.48 Å². The standard InChI is InChI=1S/C10H15NO3/c1-12-10(13-2,11-14-3)9-7-5-4-6-8-9/h4-8,11H,1-3H3. The minimum atomic E-state index is -1.05. The third-order valence-corrected chi connectivity index (χ3v) is 1.97. The monoisotopic (exact) mass is 197 g/mol. The number of hydrogen-bond donors (Lipinski definition) is 1. The summed E-state index contributed by atoms with van der Waals surface area (Å²) in [7, 11) is 4.60. The molecule has 0 aromatic heterocycles. The van der Waals surface area contributed by atoms with E-state index < -0.39 is 5.91 Å². The van der Waals surface area contributed by atoms with Gasteiger partial charge in [-0.25, -0.2) is 0 Å². The van der Waals surface area contributed by atoms with Gasteiger partial charge in [0.15, 0.2) is 0 Å². The molecule has 0 saturated heterocycles. The zero-order valence-corrected chi connectivity index (χ0v) is 8.61. The van der Waals surface area contributed by atoms with E-state index in [1.165, 1.54) is 7.11 Å². The molecule has 78 valence electrons.